The van der Waals surface area contributed by atoms with E-state index < -0.39 is 8.07 Å². The third kappa shape index (κ3) is 9.09. The van der Waals surface area contributed by atoms with Crippen LogP contribution < -0.4 is 30.3 Å². The standard InChI is InChI=1S/C32H40N2.C30H22NSi.Au/c1-21(2)25-13-11-14-26(22(3)4)29(25)19-33-20-34(31-18-10-9-17-30(31)33)32-27(23(5)6)15-12-16-28(32)24(7)8;1-4-12-23(13-5-1)32(24-14-6-2-7-15-24,25-16-8-3-9-17-25)26-20-21-30-28(22-26)27-18-10-11-19-29(27)31-30;/h9-18,21-24H,19H2,1-8H3;1-22H;/q;-1;. The molecule has 10 aromatic rings. The molecule has 0 aliphatic heterocycles. The Labute approximate surface area is 415 Å². The van der Waals surface area contributed by atoms with Crippen LogP contribution in [0.1, 0.15) is 107 Å². The van der Waals surface area contributed by atoms with Crippen LogP contribution in [0.5, 0.6) is 0 Å². The minimum absolute atomic E-state index is 0. The van der Waals surface area contributed by atoms with E-state index in [0.29, 0.717) is 23.7 Å². The fourth-order valence-corrected chi connectivity index (χ4v) is 15.1. The number of hydrogen-bond acceptors (Lipinski definition) is 0. The molecule has 0 fully saturated rings. The summed E-state index contributed by atoms with van der Waals surface area (Å²) in [6, 6.07) is 70.9. The molecule has 0 unspecified atom stereocenters. The summed E-state index contributed by atoms with van der Waals surface area (Å²) in [5.41, 5.74) is 12.9. The molecule has 0 aliphatic rings. The number of rotatable bonds is 11. The topological polar surface area (TPSA) is 22.9 Å². The van der Waals surface area contributed by atoms with Gasteiger partial charge in [-0.2, -0.15) is 0 Å². The third-order valence-corrected chi connectivity index (χ3v) is 18.3. The molecule has 0 amide bonds. The summed E-state index contributed by atoms with van der Waals surface area (Å²) in [5.74, 6) is 1.84. The Morgan fingerprint density at radius 1 is 0.448 bits per heavy atom. The fraction of sp³-hybridized carbons (Fsp3) is 0.210. The van der Waals surface area contributed by atoms with Crippen molar-refractivity contribution < 1.29 is 26.9 Å². The predicted molar refractivity (Wildman–Crippen MR) is 283 cm³/mol. The molecule has 8 aromatic carbocycles. The van der Waals surface area contributed by atoms with E-state index in [9.17, 15) is 0 Å². The van der Waals surface area contributed by atoms with Crippen molar-refractivity contribution in [1.82, 2.24) is 9.55 Å². The number of para-hydroxylation sites is 4. The molecule has 0 N–H and O–H groups in total. The zero-order valence-electron chi connectivity index (χ0n) is 40.1. The molecule has 0 bridgehead atoms. The molecule has 2 heterocycles. The quantitative estimate of drug-likeness (QED) is 0.0548. The van der Waals surface area contributed by atoms with Crippen LogP contribution in [-0.2, 0) is 28.9 Å². The second-order valence-corrected chi connectivity index (χ2v) is 22.8. The first-order chi connectivity index (χ1) is 32.1. The largest absolute Gasteiger partial charge is 0.657 e. The van der Waals surface area contributed by atoms with Crippen LogP contribution in [0.4, 0.5) is 0 Å². The van der Waals surface area contributed by atoms with Crippen LogP contribution in [0.3, 0.4) is 0 Å². The number of aromatic nitrogens is 3. The van der Waals surface area contributed by atoms with E-state index in [-0.39, 0.29) is 22.4 Å². The summed E-state index contributed by atoms with van der Waals surface area (Å²) in [6.45, 7) is 19.2. The molecule has 0 saturated carbocycles. The Morgan fingerprint density at radius 2 is 0.896 bits per heavy atom. The molecule has 67 heavy (non-hydrogen) atoms. The van der Waals surface area contributed by atoms with Gasteiger partial charge in [0.1, 0.15) is 0 Å². The van der Waals surface area contributed by atoms with Crippen LogP contribution in [-0.4, -0.2) is 12.6 Å². The number of imidazole rings is 1. The summed E-state index contributed by atoms with van der Waals surface area (Å²) in [5, 5.41) is 8.01. The first-order valence-corrected chi connectivity index (χ1v) is 25.9. The summed E-state index contributed by atoms with van der Waals surface area (Å²) < 4.78 is 4.66. The summed E-state index contributed by atoms with van der Waals surface area (Å²) >= 11 is 0. The van der Waals surface area contributed by atoms with Gasteiger partial charge in [-0.3, -0.25) is 0 Å². The smallest absolute Gasteiger partial charge is 0.244 e. The van der Waals surface area contributed by atoms with Gasteiger partial charge >= 0.3 is 0 Å². The molecule has 2 aromatic heterocycles. The van der Waals surface area contributed by atoms with Gasteiger partial charge in [0.05, 0.1) is 23.3 Å². The molecular weight excluding hydrogens is 1010 g/mol. The van der Waals surface area contributed by atoms with Crippen LogP contribution >= 0.6 is 0 Å². The van der Waals surface area contributed by atoms with Crippen molar-refractivity contribution >= 4 is 61.7 Å². The Balaban J connectivity index is 0.000000179. The number of fused-ring (bicyclic) bond motifs is 4. The average molecular weight is 1070 g/mol. The Hall–Kier alpha value is -6.01. The molecule has 10 rings (SSSR count). The fourth-order valence-electron chi connectivity index (χ4n) is 10.3. The molecule has 0 spiro atoms. The molecule has 0 aliphatic carbocycles. The average Bonchev–Trinajstić information content (AvgIpc) is 3.90. The maximum absolute atomic E-state index is 4.87. The molecule has 0 atom stereocenters. The van der Waals surface area contributed by atoms with E-state index >= 15 is 0 Å². The zero-order valence-corrected chi connectivity index (χ0v) is 43.3. The summed E-state index contributed by atoms with van der Waals surface area (Å²) in [7, 11) is -2.51. The Morgan fingerprint density at radius 3 is 1.42 bits per heavy atom. The Bertz CT molecular complexity index is 3090. The van der Waals surface area contributed by atoms with Gasteiger partial charge in [-0.25, -0.2) is 0 Å². The number of benzene rings is 8. The summed E-state index contributed by atoms with van der Waals surface area (Å²) in [4.78, 5) is 4.87. The SMILES string of the molecule is CC(C)c1cccc(C(C)C)c1Cn1[c-][n+](-c2c(C(C)C)cccc2C(C)C)c2ccccc21.[Au].c1ccc([Si](c2ccccc2)(c2ccccc2)c2ccc3[n-]c4ccccc4c3c2)cc1. The number of nitrogens with zero attached hydrogens (tertiary/aromatic N) is 3. The zero-order chi connectivity index (χ0) is 46.0. The summed E-state index contributed by atoms with van der Waals surface area (Å²) in [6.07, 6.45) is 3.81. The van der Waals surface area contributed by atoms with Gasteiger partial charge in [0, 0.05) is 22.4 Å². The molecule has 1 radical (unpaired) electrons. The monoisotopic (exact) mass is 1070 g/mol. The molecule has 5 heteroatoms. The van der Waals surface area contributed by atoms with Crippen LogP contribution in [0.2, 0.25) is 0 Å². The van der Waals surface area contributed by atoms with E-state index in [0.717, 1.165) is 17.6 Å². The van der Waals surface area contributed by atoms with Gasteiger partial charge in [-0.15, -0.1) is 11.0 Å². The first-order valence-electron chi connectivity index (χ1n) is 23.9. The maximum atomic E-state index is 4.87. The van der Waals surface area contributed by atoms with Crippen LogP contribution in [0.25, 0.3) is 38.5 Å². The van der Waals surface area contributed by atoms with Crippen molar-refractivity contribution in [3.05, 3.63) is 228 Å². The molecule has 341 valence electrons. The van der Waals surface area contributed by atoms with Crippen molar-refractivity contribution in [3.63, 3.8) is 0 Å². The molecular formula is C62H62AuN3Si-. The van der Waals surface area contributed by atoms with Crippen molar-refractivity contribution in [2.75, 3.05) is 0 Å². The predicted octanol–water partition coefficient (Wildman–Crippen LogP) is 12.6. The van der Waals surface area contributed by atoms with Gasteiger partial charge in [-0.05, 0) is 83.0 Å². The Kier molecular flexibility index (Phi) is 14.5. The molecule has 0 saturated heterocycles. The maximum Gasteiger partial charge on any atom is 0.244 e. The van der Waals surface area contributed by atoms with Crippen LogP contribution in [0.15, 0.2) is 194 Å². The number of hydrogen-bond donors (Lipinski definition) is 0. The van der Waals surface area contributed by atoms with Gasteiger partial charge in [0.25, 0.3) is 0 Å². The van der Waals surface area contributed by atoms with E-state index in [1.165, 1.54) is 76.1 Å². The van der Waals surface area contributed by atoms with Gasteiger partial charge in [-0.1, -0.05) is 250 Å². The van der Waals surface area contributed by atoms with Gasteiger partial charge < -0.3 is 14.1 Å². The van der Waals surface area contributed by atoms with Crippen molar-refractivity contribution in [2.24, 2.45) is 0 Å². The molecule has 3 nitrogen and oxygen atoms in total. The van der Waals surface area contributed by atoms with E-state index in [4.69, 9.17) is 4.98 Å². The minimum atomic E-state index is -2.51. The van der Waals surface area contributed by atoms with E-state index in [1.54, 1.807) is 0 Å². The second-order valence-electron chi connectivity index (χ2n) is 19.0. The van der Waals surface area contributed by atoms with E-state index in [2.05, 4.69) is 265 Å². The van der Waals surface area contributed by atoms with Crippen molar-refractivity contribution in [1.29, 1.82) is 0 Å². The van der Waals surface area contributed by atoms with Gasteiger partial charge in [0.15, 0.2) is 8.07 Å². The van der Waals surface area contributed by atoms with Crippen molar-refractivity contribution in [3.8, 4) is 5.69 Å². The second kappa shape index (κ2) is 20.5. The van der Waals surface area contributed by atoms with E-state index in [1.807, 2.05) is 0 Å². The normalized spacial score (nSPS) is 11.8. The van der Waals surface area contributed by atoms with Crippen LogP contribution in [0, 0.1) is 6.33 Å². The third-order valence-electron chi connectivity index (χ3n) is 13.5. The van der Waals surface area contributed by atoms with Gasteiger partial charge in [0.2, 0.25) is 6.33 Å². The van der Waals surface area contributed by atoms with Crippen molar-refractivity contribution in [2.45, 2.75) is 85.6 Å². The minimum Gasteiger partial charge on any atom is -0.657 e. The first kappa shape index (κ1) is 47.5.